The normalized spacial score (nSPS) is 19.7. The van der Waals surface area contributed by atoms with Gasteiger partial charge in [0.25, 0.3) is 0 Å². The van der Waals surface area contributed by atoms with E-state index in [2.05, 4.69) is 28.8 Å². The molecule has 0 radical (unpaired) electrons. The molecular weight excluding hydrogens is 320 g/mol. The number of carbonyl (C=O) groups is 1. The van der Waals surface area contributed by atoms with Gasteiger partial charge in [0.15, 0.2) is 0 Å². The number of aryl methyl sites for hydroxylation is 1. The molecule has 1 amide bonds. The van der Waals surface area contributed by atoms with E-state index in [-0.39, 0.29) is 11.4 Å². The smallest absolute Gasteiger partial charge is 0.250 e. The molecular formula is C23H26N2O. The summed E-state index contributed by atoms with van der Waals surface area (Å²) >= 11 is 0. The van der Waals surface area contributed by atoms with E-state index in [1.807, 2.05) is 37.3 Å². The standard InChI is InChI=1S/C23H26N2O/c1-17-9-11-19(12-10-17)24-22(26)15-21-20-8-4-3-7-18(20)16-23(25-21)13-5-2-6-14-23/h3-4,7-12,15,25H,2,5-6,13-14,16H2,1H3,(H,24,26)/b21-15-. The van der Waals surface area contributed by atoms with Crippen LogP contribution < -0.4 is 10.6 Å². The van der Waals surface area contributed by atoms with Crippen LogP contribution in [0.25, 0.3) is 5.70 Å². The maximum atomic E-state index is 12.6. The molecule has 134 valence electrons. The highest BCUT2D eigenvalue weighted by molar-refractivity contribution is 6.04. The minimum absolute atomic E-state index is 0.0842. The number of fused-ring (bicyclic) bond motifs is 1. The Bertz CT molecular complexity index is 830. The van der Waals surface area contributed by atoms with E-state index in [1.54, 1.807) is 6.08 Å². The van der Waals surface area contributed by atoms with Crippen molar-refractivity contribution < 1.29 is 4.79 Å². The summed E-state index contributed by atoms with van der Waals surface area (Å²) in [5, 5.41) is 6.73. The maximum Gasteiger partial charge on any atom is 0.250 e. The Morgan fingerprint density at radius 3 is 2.54 bits per heavy atom. The summed E-state index contributed by atoms with van der Waals surface area (Å²) in [7, 11) is 0. The molecule has 0 unspecified atom stereocenters. The van der Waals surface area contributed by atoms with E-state index in [0.29, 0.717) is 0 Å². The first-order valence-corrected chi connectivity index (χ1v) is 9.59. The van der Waals surface area contributed by atoms with Crippen molar-refractivity contribution in [1.29, 1.82) is 0 Å². The van der Waals surface area contributed by atoms with E-state index in [9.17, 15) is 4.79 Å². The predicted molar refractivity (Wildman–Crippen MR) is 107 cm³/mol. The van der Waals surface area contributed by atoms with Crippen LogP contribution in [0.1, 0.15) is 48.8 Å². The maximum absolute atomic E-state index is 12.6. The SMILES string of the molecule is Cc1ccc(NC(=O)/C=C2\NC3(CCCCC3)Cc3ccccc32)cc1. The molecule has 1 aliphatic carbocycles. The first kappa shape index (κ1) is 16.9. The van der Waals surface area contributed by atoms with Crippen LogP contribution in [0.2, 0.25) is 0 Å². The fourth-order valence-corrected chi connectivity index (χ4v) is 4.29. The molecule has 1 saturated carbocycles. The molecule has 26 heavy (non-hydrogen) atoms. The minimum atomic E-state index is -0.0842. The van der Waals surface area contributed by atoms with Crippen LogP contribution in [0.15, 0.2) is 54.6 Å². The average molecular weight is 346 g/mol. The van der Waals surface area contributed by atoms with Crippen molar-refractivity contribution in [2.24, 2.45) is 0 Å². The number of nitrogens with one attached hydrogen (secondary N) is 2. The molecule has 0 atom stereocenters. The van der Waals surface area contributed by atoms with Crippen molar-refractivity contribution in [3.63, 3.8) is 0 Å². The van der Waals surface area contributed by atoms with E-state index in [4.69, 9.17) is 0 Å². The lowest BCUT2D eigenvalue weighted by Crippen LogP contribution is -2.50. The Morgan fingerprint density at radius 1 is 1.04 bits per heavy atom. The summed E-state index contributed by atoms with van der Waals surface area (Å²) in [4.78, 5) is 12.6. The Kier molecular flexibility index (Phi) is 4.54. The van der Waals surface area contributed by atoms with Crippen molar-refractivity contribution in [3.05, 3.63) is 71.3 Å². The van der Waals surface area contributed by atoms with Crippen LogP contribution in [0, 0.1) is 6.92 Å². The van der Waals surface area contributed by atoms with Crippen molar-refractivity contribution >= 4 is 17.3 Å². The second-order valence-electron chi connectivity index (χ2n) is 7.71. The third-order valence-electron chi connectivity index (χ3n) is 5.64. The molecule has 4 rings (SSSR count). The second-order valence-corrected chi connectivity index (χ2v) is 7.71. The third-order valence-corrected chi connectivity index (χ3v) is 5.64. The van der Waals surface area contributed by atoms with Gasteiger partial charge >= 0.3 is 0 Å². The number of rotatable bonds is 2. The molecule has 2 aromatic rings. The number of amides is 1. The van der Waals surface area contributed by atoms with Crippen LogP contribution >= 0.6 is 0 Å². The zero-order valence-corrected chi connectivity index (χ0v) is 15.3. The zero-order valence-electron chi connectivity index (χ0n) is 15.3. The number of hydrogen-bond acceptors (Lipinski definition) is 2. The van der Waals surface area contributed by atoms with Gasteiger partial charge in [-0.15, -0.1) is 0 Å². The monoisotopic (exact) mass is 346 g/mol. The van der Waals surface area contributed by atoms with Crippen molar-refractivity contribution in [1.82, 2.24) is 5.32 Å². The fraction of sp³-hybridized carbons (Fsp3) is 0.348. The summed E-state index contributed by atoms with van der Waals surface area (Å²) in [6.45, 7) is 2.04. The van der Waals surface area contributed by atoms with Gasteiger partial charge < -0.3 is 10.6 Å². The molecule has 1 spiro atoms. The largest absolute Gasteiger partial charge is 0.379 e. The molecule has 1 aliphatic heterocycles. The molecule has 1 fully saturated rings. The van der Waals surface area contributed by atoms with Crippen molar-refractivity contribution in [2.75, 3.05) is 5.32 Å². The van der Waals surface area contributed by atoms with Crippen LogP contribution in [0.3, 0.4) is 0 Å². The Balaban J connectivity index is 1.61. The molecule has 0 aromatic heterocycles. The Hall–Kier alpha value is -2.55. The van der Waals surface area contributed by atoms with Gasteiger partial charge in [-0.25, -0.2) is 0 Å². The number of hydrogen-bond donors (Lipinski definition) is 2. The molecule has 3 heteroatoms. The van der Waals surface area contributed by atoms with Crippen LogP contribution in [-0.4, -0.2) is 11.4 Å². The van der Waals surface area contributed by atoms with Gasteiger partial charge in [-0.1, -0.05) is 61.2 Å². The lowest BCUT2D eigenvalue weighted by molar-refractivity contribution is -0.111. The summed E-state index contributed by atoms with van der Waals surface area (Å²) in [5.41, 5.74) is 5.59. The lowest BCUT2D eigenvalue weighted by atomic mass is 9.74. The molecule has 2 aliphatic rings. The number of anilines is 1. The molecule has 0 bridgehead atoms. The van der Waals surface area contributed by atoms with E-state index >= 15 is 0 Å². The van der Waals surface area contributed by atoms with E-state index in [0.717, 1.165) is 23.4 Å². The lowest BCUT2D eigenvalue weighted by Gasteiger charge is -2.44. The molecule has 2 aromatic carbocycles. The van der Waals surface area contributed by atoms with E-state index < -0.39 is 0 Å². The van der Waals surface area contributed by atoms with Gasteiger partial charge in [0.1, 0.15) is 0 Å². The quantitative estimate of drug-likeness (QED) is 0.765. The first-order valence-electron chi connectivity index (χ1n) is 9.59. The number of benzene rings is 2. The molecule has 0 saturated heterocycles. The summed E-state index contributed by atoms with van der Waals surface area (Å²) in [6.07, 6.45) is 8.98. The fourth-order valence-electron chi connectivity index (χ4n) is 4.29. The summed E-state index contributed by atoms with van der Waals surface area (Å²) in [5.74, 6) is -0.0842. The van der Waals surface area contributed by atoms with Gasteiger partial charge in [0.2, 0.25) is 5.91 Å². The topological polar surface area (TPSA) is 41.1 Å². The van der Waals surface area contributed by atoms with Crippen LogP contribution in [0.4, 0.5) is 5.69 Å². The van der Waals surface area contributed by atoms with Gasteiger partial charge in [0.05, 0.1) is 0 Å². The summed E-state index contributed by atoms with van der Waals surface area (Å²) in [6, 6.07) is 16.4. The van der Waals surface area contributed by atoms with Gasteiger partial charge in [-0.2, -0.15) is 0 Å². The Labute approximate surface area is 155 Å². The second kappa shape index (κ2) is 6.99. The van der Waals surface area contributed by atoms with Crippen LogP contribution in [-0.2, 0) is 11.2 Å². The summed E-state index contributed by atoms with van der Waals surface area (Å²) < 4.78 is 0. The highest BCUT2D eigenvalue weighted by atomic mass is 16.1. The van der Waals surface area contributed by atoms with Gasteiger partial charge in [-0.05, 0) is 43.9 Å². The average Bonchev–Trinajstić information content (AvgIpc) is 2.64. The Morgan fingerprint density at radius 2 is 1.77 bits per heavy atom. The molecule has 3 nitrogen and oxygen atoms in total. The first-order chi connectivity index (χ1) is 12.6. The van der Waals surface area contributed by atoms with Crippen molar-refractivity contribution in [3.8, 4) is 0 Å². The molecule has 1 heterocycles. The highest BCUT2D eigenvalue weighted by Crippen LogP contribution is 2.38. The zero-order chi connectivity index (χ0) is 18.0. The highest BCUT2D eigenvalue weighted by Gasteiger charge is 2.37. The number of carbonyl (C=O) groups excluding carboxylic acids is 1. The third kappa shape index (κ3) is 3.52. The van der Waals surface area contributed by atoms with Gasteiger partial charge in [0, 0.05) is 28.6 Å². The van der Waals surface area contributed by atoms with Gasteiger partial charge in [-0.3, -0.25) is 4.79 Å². The molecule has 2 N–H and O–H groups in total. The van der Waals surface area contributed by atoms with Crippen LogP contribution in [0.5, 0.6) is 0 Å². The van der Waals surface area contributed by atoms with E-state index in [1.165, 1.54) is 43.2 Å². The predicted octanol–water partition coefficient (Wildman–Crippen LogP) is 4.82. The van der Waals surface area contributed by atoms with Crippen molar-refractivity contribution in [2.45, 2.75) is 51.0 Å². The minimum Gasteiger partial charge on any atom is -0.379 e.